The summed E-state index contributed by atoms with van der Waals surface area (Å²) < 4.78 is 7.47. The smallest absolute Gasteiger partial charge is 0.256 e. The molecule has 158 valence electrons. The Labute approximate surface area is 176 Å². The molecule has 1 unspecified atom stereocenters. The Balaban J connectivity index is 1.80. The van der Waals surface area contributed by atoms with Gasteiger partial charge in [0, 0.05) is 24.9 Å². The van der Waals surface area contributed by atoms with Gasteiger partial charge in [-0.3, -0.25) is 9.78 Å². The third-order valence-electron chi connectivity index (χ3n) is 4.94. The average molecular weight is 410 g/mol. The number of likely N-dealkylation sites (N-methyl/N-ethyl adjacent to an activating group) is 1. The first-order valence-corrected chi connectivity index (χ1v) is 10.0. The van der Waals surface area contributed by atoms with E-state index in [4.69, 9.17) is 4.74 Å². The Morgan fingerprint density at radius 2 is 2.13 bits per heavy atom. The van der Waals surface area contributed by atoms with Crippen molar-refractivity contribution >= 4 is 5.91 Å². The molecule has 8 heteroatoms. The summed E-state index contributed by atoms with van der Waals surface area (Å²) in [5.74, 6) is 0.388. The second kappa shape index (κ2) is 9.58. The van der Waals surface area contributed by atoms with Gasteiger partial charge in [0.1, 0.15) is 6.61 Å². The van der Waals surface area contributed by atoms with Crippen molar-refractivity contribution in [1.29, 1.82) is 0 Å². The summed E-state index contributed by atoms with van der Waals surface area (Å²) in [4.78, 5) is 23.9. The molecule has 0 saturated heterocycles. The molecule has 3 rings (SSSR count). The van der Waals surface area contributed by atoms with Crippen molar-refractivity contribution in [3.63, 3.8) is 0 Å². The molecule has 0 aromatic carbocycles. The topological polar surface area (TPSA) is 90.9 Å². The second-order valence-corrected chi connectivity index (χ2v) is 7.29. The van der Waals surface area contributed by atoms with E-state index in [1.165, 1.54) is 0 Å². The van der Waals surface area contributed by atoms with Crippen LogP contribution in [-0.2, 0) is 6.61 Å². The van der Waals surface area contributed by atoms with Gasteiger partial charge in [-0.25, -0.2) is 4.98 Å². The number of aryl methyl sites for hydroxylation is 1. The number of aromatic nitrogens is 2. The third-order valence-corrected chi connectivity index (χ3v) is 4.94. The monoisotopic (exact) mass is 410 g/mol. The molecule has 1 amide bonds. The zero-order chi connectivity index (χ0) is 21.7. The molecule has 2 aromatic rings. The van der Waals surface area contributed by atoms with Crippen molar-refractivity contribution in [2.75, 3.05) is 20.2 Å². The largest absolute Gasteiger partial charge is 0.475 e. The maximum atomic E-state index is 13.4. The van der Waals surface area contributed by atoms with E-state index in [9.17, 15) is 9.90 Å². The van der Waals surface area contributed by atoms with E-state index >= 15 is 0 Å². The minimum atomic E-state index is -0.359. The van der Waals surface area contributed by atoms with E-state index in [2.05, 4.69) is 15.1 Å². The Bertz CT molecular complexity index is 956. The molecule has 0 radical (unpaired) electrons. The number of carbonyl (C=O) groups is 1. The number of aliphatic hydroxyl groups excluding tert-OH is 1. The Morgan fingerprint density at radius 3 is 2.73 bits per heavy atom. The molecule has 1 N–H and O–H groups in total. The van der Waals surface area contributed by atoms with Crippen LogP contribution in [0.5, 0.6) is 5.88 Å². The Hall–Kier alpha value is -3.13. The minimum absolute atomic E-state index is 0.143. The molecule has 0 fully saturated rings. The van der Waals surface area contributed by atoms with Gasteiger partial charge >= 0.3 is 0 Å². The first-order chi connectivity index (χ1) is 14.4. The lowest BCUT2D eigenvalue weighted by molar-refractivity contribution is -0.493. The maximum absolute atomic E-state index is 13.4. The molecule has 0 bridgehead atoms. The molecule has 0 saturated carbocycles. The van der Waals surface area contributed by atoms with Crippen LogP contribution in [0.4, 0.5) is 0 Å². The van der Waals surface area contributed by atoms with Crippen molar-refractivity contribution in [2.24, 2.45) is 5.11 Å². The average Bonchev–Trinajstić information content (AvgIpc) is 3.19. The molecule has 0 spiro atoms. The number of amides is 1. The number of ether oxygens (including phenoxy) is 1. The summed E-state index contributed by atoms with van der Waals surface area (Å²) in [5.41, 5.74) is 2.58. The zero-order valence-electron chi connectivity index (χ0n) is 17.8. The number of carbonyl (C=O) groups excluding carboxylic acids is 1. The van der Waals surface area contributed by atoms with Gasteiger partial charge in [0.2, 0.25) is 5.88 Å². The fraction of sp³-hybridized carbons (Fsp3) is 0.409. The van der Waals surface area contributed by atoms with Crippen LogP contribution in [0.1, 0.15) is 47.2 Å². The van der Waals surface area contributed by atoms with Crippen LogP contribution in [-0.4, -0.2) is 56.8 Å². The molecule has 0 aliphatic carbocycles. The highest BCUT2D eigenvalue weighted by Gasteiger charge is 2.29. The summed E-state index contributed by atoms with van der Waals surface area (Å²) in [6.45, 7) is 6.49. The van der Waals surface area contributed by atoms with E-state index in [-0.39, 0.29) is 24.6 Å². The van der Waals surface area contributed by atoms with Gasteiger partial charge in [-0.2, -0.15) is 0 Å². The molecular formula is C22H28N5O3+. The fourth-order valence-electron chi connectivity index (χ4n) is 3.28. The van der Waals surface area contributed by atoms with Crippen LogP contribution in [0.25, 0.3) is 0 Å². The Kier molecular flexibility index (Phi) is 6.89. The predicted octanol–water partition coefficient (Wildman–Crippen LogP) is 2.87. The summed E-state index contributed by atoms with van der Waals surface area (Å²) in [6.07, 6.45) is 5.46. The van der Waals surface area contributed by atoms with Crippen molar-refractivity contribution in [1.82, 2.24) is 14.9 Å². The van der Waals surface area contributed by atoms with Gasteiger partial charge in [-0.15, -0.1) is 0 Å². The number of hydrogen-bond acceptors (Lipinski definition) is 6. The highest BCUT2D eigenvalue weighted by Crippen LogP contribution is 2.26. The van der Waals surface area contributed by atoms with Crippen molar-refractivity contribution in [2.45, 2.75) is 39.5 Å². The van der Waals surface area contributed by atoms with E-state index < -0.39 is 0 Å². The third kappa shape index (κ3) is 4.88. The van der Waals surface area contributed by atoms with Crippen LogP contribution in [0.3, 0.4) is 0 Å². The highest BCUT2D eigenvalue weighted by molar-refractivity contribution is 5.95. The highest BCUT2D eigenvalue weighted by atomic mass is 16.5. The van der Waals surface area contributed by atoms with Crippen LogP contribution < -0.4 is 4.74 Å². The molecule has 2 aromatic heterocycles. The summed E-state index contributed by atoms with van der Waals surface area (Å²) in [5, 5.41) is 14.0. The van der Waals surface area contributed by atoms with E-state index in [1.54, 1.807) is 27.9 Å². The van der Waals surface area contributed by atoms with Gasteiger partial charge in [0.25, 0.3) is 5.91 Å². The van der Waals surface area contributed by atoms with Crippen molar-refractivity contribution in [3.05, 3.63) is 65.3 Å². The number of hydrogen-bond donors (Lipinski definition) is 1. The summed E-state index contributed by atoms with van der Waals surface area (Å²) >= 11 is 0. The molecule has 30 heavy (non-hydrogen) atoms. The molecule has 3 heterocycles. The summed E-state index contributed by atoms with van der Waals surface area (Å²) in [6, 6.07) is 6.61. The van der Waals surface area contributed by atoms with E-state index in [0.717, 1.165) is 5.56 Å². The number of pyridine rings is 2. The summed E-state index contributed by atoms with van der Waals surface area (Å²) in [7, 11) is 1.82. The van der Waals surface area contributed by atoms with Crippen molar-refractivity contribution < 1.29 is 19.3 Å². The molecule has 1 aliphatic heterocycles. The van der Waals surface area contributed by atoms with Crippen LogP contribution in [0, 0.1) is 6.92 Å². The zero-order valence-corrected chi connectivity index (χ0v) is 17.8. The number of nitrogens with zero attached hydrogens (tertiary/aromatic N) is 5. The fourth-order valence-corrected chi connectivity index (χ4v) is 3.28. The standard InChI is InChI=1S/C22H28N5O3/c1-5-27(16(3)14-30-20-9-6-15(2)12-23-20)22(29)18-8-7-17(13-28)24-21(18)19-10-11-26(4)25-19/h6-12,16,19,28H,5,13-14H2,1-4H3/q+1/t16-,19?/m0/s1. The van der Waals surface area contributed by atoms with Crippen LogP contribution >= 0.6 is 0 Å². The van der Waals surface area contributed by atoms with Gasteiger partial charge in [0.15, 0.2) is 19.3 Å². The number of azo groups is 2. The van der Waals surface area contributed by atoms with Crippen LogP contribution in [0.15, 0.2) is 47.9 Å². The van der Waals surface area contributed by atoms with Crippen LogP contribution in [0.2, 0.25) is 0 Å². The lowest BCUT2D eigenvalue weighted by atomic mass is 10.0. The number of aliphatic hydroxyl groups is 1. The van der Waals surface area contributed by atoms with Gasteiger partial charge in [-0.05, 0) is 43.6 Å². The van der Waals surface area contributed by atoms with E-state index in [1.807, 2.05) is 52.2 Å². The molecular weight excluding hydrogens is 382 g/mol. The molecule has 1 aliphatic rings. The minimum Gasteiger partial charge on any atom is -0.475 e. The molecule has 8 nitrogen and oxygen atoms in total. The number of rotatable bonds is 8. The first-order valence-electron chi connectivity index (χ1n) is 10.0. The van der Waals surface area contributed by atoms with Gasteiger partial charge in [0.05, 0.1) is 29.6 Å². The lowest BCUT2D eigenvalue weighted by Gasteiger charge is -2.28. The molecule has 2 atom stereocenters. The lowest BCUT2D eigenvalue weighted by Crippen LogP contribution is -2.42. The second-order valence-electron chi connectivity index (χ2n) is 7.29. The van der Waals surface area contributed by atoms with E-state index in [0.29, 0.717) is 36.0 Å². The van der Waals surface area contributed by atoms with Gasteiger partial charge < -0.3 is 14.7 Å². The Morgan fingerprint density at radius 1 is 1.33 bits per heavy atom. The normalized spacial score (nSPS) is 16.3. The quantitative estimate of drug-likeness (QED) is 0.676. The first kappa shape index (κ1) is 21.6. The predicted molar refractivity (Wildman–Crippen MR) is 111 cm³/mol. The SMILES string of the molecule is CCN(C(=O)c1ccc(CO)nc1C1C=C[N+](C)=N1)[C@@H](C)COc1ccc(C)cn1. The maximum Gasteiger partial charge on any atom is 0.256 e. The van der Waals surface area contributed by atoms with Crippen molar-refractivity contribution in [3.8, 4) is 5.88 Å². The van der Waals surface area contributed by atoms with Gasteiger partial charge in [-0.1, -0.05) is 10.8 Å².